The lowest BCUT2D eigenvalue weighted by atomic mass is 10.1. The minimum atomic E-state index is -1.03. The fraction of sp³-hybridized carbons (Fsp3) is 0.636. The van der Waals surface area contributed by atoms with E-state index in [1.807, 2.05) is 0 Å². The van der Waals surface area contributed by atoms with Gasteiger partial charge in [-0.3, -0.25) is 5.32 Å². The molecule has 2 aliphatic rings. The molecule has 3 rings (SSSR count). The van der Waals surface area contributed by atoms with E-state index in [1.165, 1.54) is 0 Å². The maximum absolute atomic E-state index is 11.9. The first-order valence-electron chi connectivity index (χ1n) is 5.97. The molecule has 7 heteroatoms. The number of ether oxygens (including phenoxy) is 1. The van der Waals surface area contributed by atoms with E-state index in [1.54, 1.807) is 0 Å². The summed E-state index contributed by atoms with van der Waals surface area (Å²) >= 11 is 4.86. The SMILES string of the molecule is [O-][S+]1CCc2nc(Cl)nc([N]C3CCOCC3)c21. The van der Waals surface area contributed by atoms with Crippen LogP contribution in [0.1, 0.15) is 18.5 Å². The monoisotopic (exact) mass is 286 g/mol. The number of aryl methyl sites for hydroxylation is 1. The number of fused-ring (bicyclic) bond motifs is 1. The average Bonchev–Trinajstić information content (AvgIpc) is 2.72. The van der Waals surface area contributed by atoms with Gasteiger partial charge in [-0.1, -0.05) is 0 Å². The topological polar surface area (TPSA) is 72.2 Å². The molecular formula is C11H13ClN3O2S. The van der Waals surface area contributed by atoms with Gasteiger partial charge in [0.2, 0.25) is 16.0 Å². The van der Waals surface area contributed by atoms with Crippen molar-refractivity contribution in [1.29, 1.82) is 0 Å². The molecule has 0 amide bonds. The van der Waals surface area contributed by atoms with Crippen molar-refractivity contribution in [2.45, 2.75) is 30.2 Å². The second-order valence-electron chi connectivity index (χ2n) is 4.36. The Morgan fingerprint density at radius 3 is 2.89 bits per heavy atom. The highest BCUT2D eigenvalue weighted by molar-refractivity contribution is 7.91. The molecule has 0 aromatic carbocycles. The Morgan fingerprint density at radius 1 is 1.33 bits per heavy atom. The summed E-state index contributed by atoms with van der Waals surface area (Å²) in [6.07, 6.45) is 2.45. The molecule has 3 heterocycles. The highest BCUT2D eigenvalue weighted by Gasteiger charge is 2.33. The van der Waals surface area contributed by atoms with Crippen molar-refractivity contribution in [3.63, 3.8) is 0 Å². The van der Waals surface area contributed by atoms with Crippen LogP contribution in [0.25, 0.3) is 0 Å². The molecule has 1 aromatic heterocycles. The third-order valence-corrected chi connectivity index (χ3v) is 4.76. The summed E-state index contributed by atoms with van der Waals surface area (Å²) in [5.74, 6) is 1.12. The minimum Gasteiger partial charge on any atom is -0.611 e. The highest BCUT2D eigenvalue weighted by Crippen LogP contribution is 2.32. The molecule has 0 bridgehead atoms. The van der Waals surface area contributed by atoms with Gasteiger partial charge in [0.1, 0.15) is 11.4 Å². The highest BCUT2D eigenvalue weighted by atomic mass is 35.5. The zero-order valence-electron chi connectivity index (χ0n) is 9.76. The lowest BCUT2D eigenvalue weighted by molar-refractivity contribution is 0.0806. The predicted octanol–water partition coefficient (Wildman–Crippen LogP) is 1.21. The molecule has 0 aliphatic carbocycles. The molecule has 1 radical (unpaired) electrons. The first kappa shape index (κ1) is 12.5. The molecule has 2 aliphatic heterocycles. The fourth-order valence-corrected chi connectivity index (χ4v) is 3.70. The Balaban J connectivity index is 1.86. The van der Waals surface area contributed by atoms with Crippen molar-refractivity contribution in [2.75, 3.05) is 19.0 Å². The molecule has 0 N–H and O–H groups in total. The second-order valence-corrected chi connectivity index (χ2v) is 6.21. The molecular weight excluding hydrogens is 274 g/mol. The average molecular weight is 287 g/mol. The van der Waals surface area contributed by atoms with Gasteiger partial charge in [0, 0.05) is 19.6 Å². The number of hydrogen-bond acceptors (Lipinski definition) is 4. The van der Waals surface area contributed by atoms with Crippen LogP contribution in [-0.2, 0) is 22.3 Å². The van der Waals surface area contributed by atoms with Crippen LogP contribution in [0.4, 0.5) is 5.82 Å². The van der Waals surface area contributed by atoms with E-state index >= 15 is 0 Å². The quantitative estimate of drug-likeness (QED) is 0.605. The fourth-order valence-electron chi connectivity index (χ4n) is 2.22. The first-order chi connectivity index (χ1) is 8.74. The lowest BCUT2D eigenvalue weighted by Crippen LogP contribution is -2.28. The van der Waals surface area contributed by atoms with E-state index in [0.717, 1.165) is 31.7 Å². The molecule has 97 valence electrons. The molecule has 1 aromatic rings. The van der Waals surface area contributed by atoms with Gasteiger partial charge in [-0.05, 0) is 35.6 Å². The molecule has 1 atom stereocenters. The van der Waals surface area contributed by atoms with Gasteiger partial charge >= 0.3 is 0 Å². The van der Waals surface area contributed by atoms with E-state index in [-0.39, 0.29) is 11.3 Å². The van der Waals surface area contributed by atoms with Crippen molar-refractivity contribution in [2.24, 2.45) is 0 Å². The van der Waals surface area contributed by atoms with E-state index in [2.05, 4.69) is 15.3 Å². The van der Waals surface area contributed by atoms with Crippen molar-refractivity contribution >= 4 is 28.6 Å². The summed E-state index contributed by atoms with van der Waals surface area (Å²) in [6, 6.07) is 0.186. The molecule has 0 spiro atoms. The Hall–Kier alpha value is -0.560. The Morgan fingerprint density at radius 2 is 2.11 bits per heavy atom. The van der Waals surface area contributed by atoms with E-state index < -0.39 is 11.2 Å². The zero-order valence-corrected chi connectivity index (χ0v) is 11.3. The molecule has 0 saturated carbocycles. The summed E-state index contributed by atoms with van der Waals surface area (Å²) < 4.78 is 17.2. The van der Waals surface area contributed by atoms with Gasteiger partial charge in [-0.25, -0.2) is 4.98 Å². The summed E-state index contributed by atoms with van der Waals surface area (Å²) in [5.41, 5.74) is 0.791. The maximum atomic E-state index is 11.9. The standard InChI is InChI=1S/C11H13ClN3O2S/c12-11-14-8-3-6-18(16)9(8)10(15-11)13-7-1-4-17-5-2-7/h7H,1-6H2. The molecule has 5 nitrogen and oxygen atoms in total. The van der Waals surface area contributed by atoms with Crippen LogP contribution < -0.4 is 5.32 Å². The summed E-state index contributed by atoms with van der Waals surface area (Å²) in [5, 5.41) is 4.79. The number of nitrogens with zero attached hydrogens (tertiary/aromatic N) is 3. The van der Waals surface area contributed by atoms with Gasteiger partial charge in [-0.15, -0.1) is 0 Å². The van der Waals surface area contributed by atoms with Gasteiger partial charge < -0.3 is 9.29 Å². The molecule has 1 saturated heterocycles. The van der Waals surface area contributed by atoms with E-state index in [4.69, 9.17) is 16.3 Å². The smallest absolute Gasteiger partial charge is 0.224 e. The zero-order chi connectivity index (χ0) is 12.5. The van der Waals surface area contributed by atoms with Crippen molar-refractivity contribution < 1.29 is 9.29 Å². The van der Waals surface area contributed by atoms with Crippen molar-refractivity contribution in [1.82, 2.24) is 15.3 Å². The number of aromatic nitrogens is 2. The van der Waals surface area contributed by atoms with Crippen LogP contribution >= 0.6 is 11.6 Å². The Labute approximate surface area is 113 Å². The summed E-state index contributed by atoms with van der Waals surface area (Å²) in [4.78, 5) is 8.96. The molecule has 18 heavy (non-hydrogen) atoms. The third-order valence-electron chi connectivity index (χ3n) is 3.14. The lowest BCUT2D eigenvalue weighted by Gasteiger charge is -2.22. The Bertz CT molecular complexity index is 454. The van der Waals surface area contributed by atoms with Crippen LogP contribution in [0.2, 0.25) is 5.28 Å². The molecule has 1 unspecified atom stereocenters. The summed E-state index contributed by atoms with van der Waals surface area (Å²) in [7, 11) is 0. The normalized spacial score (nSPS) is 24.0. The number of hydrogen-bond donors (Lipinski definition) is 0. The van der Waals surface area contributed by atoms with Crippen LogP contribution in [0.3, 0.4) is 0 Å². The van der Waals surface area contributed by atoms with E-state index in [0.29, 0.717) is 22.9 Å². The predicted molar refractivity (Wildman–Crippen MR) is 67.7 cm³/mol. The van der Waals surface area contributed by atoms with Crippen molar-refractivity contribution in [3.8, 4) is 0 Å². The third kappa shape index (κ3) is 2.42. The van der Waals surface area contributed by atoms with Gasteiger partial charge in [-0.2, -0.15) is 4.98 Å². The second kappa shape index (κ2) is 5.21. The number of rotatable bonds is 2. The van der Waals surface area contributed by atoms with Crippen LogP contribution in [-0.4, -0.2) is 39.5 Å². The first-order valence-corrected chi connectivity index (χ1v) is 7.67. The van der Waals surface area contributed by atoms with Gasteiger partial charge in [0.25, 0.3) is 0 Å². The largest absolute Gasteiger partial charge is 0.611 e. The van der Waals surface area contributed by atoms with Crippen LogP contribution in [0.15, 0.2) is 4.90 Å². The maximum Gasteiger partial charge on any atom is 0.224 e. The van der Waals surface area contributed by atoms with Crippen molar-refractivity contribution in [3.05, 3.63) is 11.0 Å². The van der Waals surface area contributed by atoms with Gasteiger partial charge in [0.15, 0.2) is 0 Å². The summed E-state index contributed by atoms with van der Waals surface area (Å²) in [6.45, 7) is 1.44. The number of halogens is 1. The van der Waals surface area contributed by atoms with Crippen LogP contribution in [0.5, 0.6) is 0 Å². The van der Waals surface area contributed by atoms with Gasteiger partial charge in [0.05, 0.1) is 6.04 Å². The molecule has 1 fully saturated rings. The Kier molecular flexibility index (Phi) is 3.61. The van der Waals surface area contributed by atoms with E-state index in [9.17, 15) is 4.55 Å². The minimum absolute atomic E-state index is 0.186. The van der Waals surface area contributed by atoms with Crippen LogP contribution in [0, 0.1) is 0 Å².